The molecule has 1 aliphatic heterocycles. The van der Waals surface area contributed by atoms with E-state index in [0.29, 0.717) is 6.04 Å². The van der Waals surface area contributed by atoms with Crippen molar-refractivity contribution in [2.24, 2.45) is 0 Å². The number of rotatable bonds is 3. The number of hydrogen-bond acceptors (Lipinski definition) is 2. The van der Waals surface area contributed by atoms with Gasteiger partial charge in [-0.05, 0) is 50.4 Å². The third-order valence-electron chi connectivity index (χ3n) is 4.51. The molecule has 0 bridgehead atoms. The van der Waals surface area contributed by atoms with Gasteiger partial charge in [0.2, 0.25) is 0 Å². The molecule has 0 radical (unpaired) electrons. The summed E-state index contributed by atoms with van der Waals surface area (Å²) >= 11 is 0. The van der Waals surface area contributed by atoms with Crippen LogP contribution >= 0.6 is 0 Å². The van der Waals surface area contributed by atoms with Crippen molar-refractivity contribution in [2.75, 3.05) is 13.6 Å². The zero-order chi connectivity index (χ0) is 13.9. The van der Waals surface area contributed by atoms with Crippen molar-refractivity contribution < 1.29 is 0 Å². The zero-order valence-electron chi connectivity index (χ0n) is 12.1. The Balaban J connectivity index is 1.77. The molecule has 1 unspecified atom stereocenters. The van der Waals surface area contributed by atoms with Gasteiger partial charge in [0.25, 0.3) is 5.56 Å². The molecule has 0 amide bonds. The predicted octanol–water partition coefficient (Wildman–Crippen LogP) is 2.88. The van der Waals surface area contributed by atoms with E-state index in [1.807, 2.05) is 41.1 Å². The fraction of sp³-hybridized carbons (Fsp3) is 0.471. The van der Waals surface area contributed by atoms with Crippen LogP contribution in [0.3, 0.4) is 0 Å². The van der Waals surface area contributed by atoms with Gasteiger partial charge in [-0.25, -0.2) is 0 Å². The number of fused-ring (bicyclic) bond motifs is 1. The molecule has 106 valence electrons. The highest BCUT2D eigenvalue weighted by Gasteiger charge is 2.18. The Morgan fingerprint density at radius 3 is 2.90 bits per heavy atom. The molecular weight excluding hydrogens is 248 g/mol. The van der Waals surface area contributed by atoms with Crippen molar-refractivity contribution >= 4 is 10.8 Å². The standard InChI is InChI=1S/C17H22N2O/c1-18-11-5-4-7-15(18)10-13-19-12-9-14-6-2-3-8-16(14)17(19)20/h2-3,6,8-9,12,15H,4-5,7,10-11,13H2,1H3. The highest BCUT2D eigenvalue weighted by atomic mass is 16.1. The maximum atomic E-state index is 12.4. The van der Waals surface area contributed by atoms with E-state index in [1.54, 1.807) is 0 Å². The number of aryl methyl sites for hydroxylation is 1. The first kappa shape index (κ1) is 13.4. The first-order valence-corrected chi connectivity index (χ1v) is 7.54. The SMILES string of the molecule is CN1CCCCC1CCn1ccc2ccccc2c1=O. The number of nitrogens with zero attached hydrogens (tertiary/aromatic N) is 2. The molecule has 0 saturated carbocycles. The lowest BCUT2D eigenvalue weighted by Gasteiger charge is -2.32. The predicted molar refractivity (Wildman–Crippen MR) is 83.1 cm³/mol. The van der Waals surface area contributed by atoms with E-state index in [-0.39, 0.29) is 5.56 Å². The van der Waals surface area contributed by atoms with E-state index in [9.17, 15) is 4.79 Å². The van der Waals surface area contributed by atoms with Gasteiger partial charge < -0.3 is 9.47 Å². The molecule has 1 atom stereocenters. The lowest BCUT2D eigenvalue weighted by atomic mass is 10.00. The van der Waals surface area contributed by atoms with Crippen LogP contribution in [0.15, 0.2) is 41.3 Å². The Bertz CT molecular complexity index is 647. The third-order valence-corrected chi connectivity index (χ3v) is 4.51. The van der Waals surface area contributed by atoms with Crippen molar-refractivity contribution in [2.45, 2.75) is 38.3 Å². The summed E-state index contributed by atoms with van der Waals surface area (Å²) in [5.74, 6) is 0. The summed E-state index contributed by atoms with van der Waals surface area (Å²) in [5, 5.41) is 1.86. The van der Waals surface area contributed by atoms with E-state index in [0.717, 1.165) is 23.7 Å². The molecule has 3 nitrogen and oxygen atoms in total. The maximum absolute atomic E-state index is 12.4. The topological polar surface area (TPSA) is 25.2 Å². The van der Waals surface area contributed by atoms with Gasteiger partial charge in [0, 0.05) is 24.2 Å². The monoisotopic (exact) mass is 270 g/mol. The van der Waals surface area contributed by atoms with Gasteiger partial charge in [-0.15, -0.1) is 0 Å². The van der Waals surface area contributed by atoms with Gasteiger partial charge in [0.1, 0.15) is 0 Å². The maximum Gasteiger partial charge on any atom is 0.258 e. The highest BCUT2D eigenvalue weighted by Crippen LogP contribution is 2.18. The van der Waals surface area contributed by atoms with Crippen LogP contribution < -0.4 is 5.56 Å². The van der Waals surface area contributed by atoms with E-state index in [4.69, 9.17) is 0 Å². The summed E-state index contributed by atoms with van der Waals surface area (Å²) in [6.45, 7) is 2.01. The minimum Gasteiger partial charge on any atom is -0.315 e. The van der Waals surface area contributed by atoms with Crippen LogP contribution in [-0.4, -0.2) is 29.1 Å². The highest BCUT2D eigenvalue weighted by molar-refractivity contribution is 5.81. The zero-order valence-corrected chi connectivity index (χ0v) is 12.1. The van der Waals surface area contributed by atoms with Crippen molar-refractivity contribution in [1.29, 1.82) is 0 Å². The summed E-state index contributed by atoms with van der Waals surface area (Å²) in [6.07, 6.45) is 6.89. The Morgan fingerprint density at radius 2 is 2.05 bits per heavy atom. The Morgan fingerprint density at radius 1 is 1.20 bits per heavy atom. The van der Waals surface area contributed by atoms with Crippen molar-refractivity contribution in [3.63, 3.8) is 0 Å². The number of piperidine rings is 1. The molecule has 0 spiro atoms. The Hall–Kier alpha value is -1.61. The molecule has 1 fully saturated rings. The molecule has 3 heteroatoms. The van der Waals surface area contributed by atoms with Crippen LogP contribution in [-0.2, 0) is 6.54 Å². The van der Waals surface area contributed by atoms with Gasteiger partial charge in [-0.1, -0.05) is 24.6 Å². The van der Waals surface area contributed by atoms with Crippen LogP contribution in [0.2, 0.25) is 0 Å². The van der Waals surface area contributed by atoms with Gasteiger partial charge in [-0.2, -0.15) is 0 Å². The minimum absolute atomic E-state index is 0.140. The van der Waals surface area contributed by atoms with Crippen LogP contribution in [0.1, 0.15) is 25.7 Å². The average Bonchev–Trinajstić information content (AvgIpc) is 2.48. The Labute approximate surface area is 119 Å². The molecule has 1 aromatic heterocycles. The first-order chi connectivity index (χ1) is 9.75. The fourth-order valence-electron chi connectivity index (χ4n) is 3.20. The third kappa shape index (κ3) is 2.63. The molecule has 0 N–H and O–H groups in total. The minimum atomic E-state index is 0.140. The molecule has 1 aromatic carbocycles. The van der Waals surface area contributed by atoms with Crippen LogP contribution in [0.5, 0.6) is 0 Å². The van der Waals surface area contributed by atoms with E-state index >= 15 is 0 Å². The van der Waals surface area contributed by atoms with Gasteiger partial charge >= 0.3 is 0 Å². The summed E-state index contributed by atoms with van der Waals surface area (Å²) in [5.41, 5.74) is 0.140. The van der Waals surface area contributed by atoms with Crippen molar-refractivity contribution in [3.05, 3.63) is 46.9 Å². The van der Waals surface area contributed by atoms with Crippen molar-refractivity contribution in [1.82, 2.24) is 9.47 Å². The molecule has 2 aromatic rings. The van der Waals surface area contributed by atoms with Crippen molar-refractivity contribution in [3.8, 4) is 0 Å². The number of benzene rings is 1. The molecule has 20 heavy (non-hydrogen) atoms. The number of hydrogen-bond donors (Lipinski definition) is 0. The first-order valence-electron chi connectivity index (χ1n) is 7.54. The normalized spacial score (nSPS) is 20.4. The summed E-state index contributed by atoms with van der Waals surface area (Å²) in [4.78, 5) is 14.9. The quantitative estimate of drug-likeness (QED) is 0.857. The number of likely N-dealkylation sites (tertiary alicyclic amines) is 1. The second kappa shape index (κ2) is 5.80. The van der Waals surface area contributed by atoms with Gasteiger partial charge in [0.15, 0.2) is 0 Å². The van der Waals surface area contributed by atoms with E-state index < -0.39 is 0 Å². The van der Waals surface area contributed by atoms with Crippen LogP contribution in [0.25, 0.3) is 10.8 Å². The van der Waals surface area contributed by atoms with Crippen LogP contribution in [0, 0.1) is 0 Å². The van der Waals surface area contributed by atoms with Gasteiger partial charge in [-0.3, -0.25) is 4.79 Å². The van der Waals surface area contributed by atoms with Gasteiger partial charge in [0.05, 0.1) is 0 Å². The second-order valence-corrected chi connectivity index (χ2v) is 5.82. The van der Waals surface area contributed by atoms with Crippen LogP contribution in [0.4, 0.5) is 0 Å². The number of pyridine rings is 1. The molecule has 2 heterocycles. The number of aromatic nitrogens is 1. The Kier molecular flexibility index (Phi) is 3.88. The van der Waals surface area contributed by atoms with E-state index in [1.165, 1.54) is 25.8 Å². The summed E-state index contributed by atoms with van der Waals surface area (Å²) in [7, 11) is 2.20. The summed E-state index contributed by atoms with van der Waals surface area (Å²) < 4.78 is 1.87. The summed E-state index contributed by atoms with van der Waals surface area (Å²) in [6, 6.07) is 10.5. The molecular formula is C17H22N2O. The average molecular weight is 270 g/mol. The lowest BCUT2D eigenvalue weighted by molar-refractivity contribution is 0.171. The molecule has 0 aliphatic carbocycles. The largest absolute Gasteiger partial charge is 0.315 e. The second-order valence-electron chi connectivity index (χ2n) is 5.82. The van der Waals surface area contributed by atoms with E-state index in [2.05, 4.69) is 11.9 Å². The molecule has 1 aliphatic rings. The lowest BCUT2D eigenvalue weighted by Crippen LogP contribution is -2.37. The smallest absolute Gasteiger partial charge is 0.258 e. The molecule has 1 saturated heterocycles. The molecule has 3 rings (SSSR count). The fourth-order valence-corrected chi connectivity index (χ4v) is 3.20.